The van der Waals surface area contributed by atoms with Crippen molar-refractivity contribution in [2.24, 2.45) is 7.05 Å². The number of carbonyl (C=O) groups excluding carboxylic acids is 4. The minimum absolute atomic E-state index is 0.152. The summed E-state index contributed by atoms with van der Waals surface area (Å²) in [5.41, 5.74) is 2.47. The van der Waals surface area contributed by atoms with Crippen LogP contribution in [0.2, 0.25) is 0 Å². The van der Waals surface area contributed by atoms with Crippen LogP contribution in [0.15, 0.2) is 78.9 Å². The second-order valence-corrected chi connectivity index (χ2v) is 20.7. The molecule has 16 nitrogen and oxygen atoms in total. The van der Waals surface area contributed by atoms with Crippen LogP contribution >= 0.6 is 0 Å². The molecule has 5 heterocycles. The standard InChI is InChI=1S/C50H55F2N7O9S/c1-6-67-41-26-32(12-17-40(41)66-4)39(29-69(5,64)65)59-46(61)36-8-7-9-37(44(36)47(59)62)57-22-24-58(25-23-57)42-19-21-56(30-50(42,51)52)28-31-10-13-33(14-11-31)68-34-15-16-35-38(27-34)55(3)54-45(35)49(2)20-18-43(60)53-48(49)63/h7-17,26-27,39,42H,6,18-25,28-30H2,1-5H3,(H,53,60,63)/t39-,42-,49-/m1/s1. The molecule has 4 aromatic carbocycles. The van der Waals surface area contributed by atoms with Crippen LogP contribution in [0.4, 0.5) is 14.5 Å². The Morgan fingerprint density at radius 2 is 1.64 bits per heavy atom. The quantitative estimate of drug-likeness (QED) is 0.131. The smallest absolute Gasteiger partial charge is 0.275 e. The Kier molecular flexibility index (Phi) is 12.7. The lowest BCUT2D eigenvalue weighted by atomic mass is 9.77. The second kappa shape index (κ2) is 18.5. The number of hydrogen-bond acceptors (Lipinski definition) is 13. The number of rotatable bonds is 14. The number of sulfone groups is 1. The molecule has 0 unspecified atom stereocenters. The number of fused-ring (bicyclic) bond motifs is 2. The fourth-order valence-corrected chi connectivity index (χ4v) is 11.2. The molecule has 4 aliphatic heterocycles. The van der Waals surface area contributed by atoms with Gasteiger partial charge in [-0.2, -0.15) is 5.10 Å². The number of aromatic nitrogens is 2. The number of methoxy groups -OCH3 is 1. The monoisotopic (exact) mass is 967 g/mol. The number of nitrogens with zero attached hydrogens (tertiary/aromatic N) is 6. The highest BCUT2D eigenvalue weighted by atomic mass is 32.2. The van der Waals surface area contributed by atoms with Crippen LogP contribution in [0, 0.1) is 0 Å². The normalized spacial score (nSPS) is 21.6. The molecule has 19 heteroatoms. The van der Waals surface area contributed by atoms with E-state index in [1.807, 2.05) is 34.1 Å². The Hall–Kier alpha value is -6.44. The molecule has 3 fully saturated rings. The summed E-state index contributed by atoms with van der Waals surface area (Å²) in [6, 6.07) is 20.5. The number of piperazine rings is 1. The number of piperidine rings is 2. The molecule has 0 saturated carbocycles. The van der Waals surface area contributed by atoms with Gasteiger partial charge in [0.25, 0.3) is 17.7 Å². The van der Waals surface area contributed by atoms with Crippen molar-refractivity contribution in [1.29, 1.82) is 0 Å². The fraction of sp³-hybridized carbons (Fsp3) is 0.420. The molecular formula is C50H55F2N7O9S. The van der Waals surface area contributed by atoms with Crippen molar-refractivity contribution < 1.29 is 50.6 Å². The number of hydrogen-bond donors (Lipinski definition) is 1. The highest BCUT2D eigenvalue weighted by Crippen LogP contribution is 2.41. The molecule has 4 amide bonds. The number of benzene rings is 4. The van der Waals surface area contributed by atoms with Crippen molar-refractivity contribution in [3.05, 3.63) is 107 Å². The first-order valence-electron chi connectivity index (χ1n) is 23.0. The van der Waals surface area contributed by atoms with Crippen molar-refractivity contribution in [3.8, 4) is 23.0 Å². The zero-order valence-corrected chi connectivity index (χ0v) is 40.0. The van der Waals surface area contributed by atoms with Gasteiger partial charge in [-0.05, 0) is 86.3 Å². The van der Waals surface area contributed by atoms with Crippen molar-refractivity contribution in [1.82, 2.24) is 29.8 Å². The highest BCUT2D eigenvalue weighted by Gasteiger charge is 2.49. The van der Waals surface area contributed by atoms with E-state index < -0.39 is 57.4 Å². The molecule has 0 spiro atoms. The van der Waals surface area contributed by atoms with E-state index in [9.17, 15) is 27.6 Å². The first-order chi connectivity index (χ1) is 32.9. The van der Waals surface area contributed by atoms with E-state index in [2.05, 4.69) is 10.4 Å². The van der Waals surface area contributed by atoms with E-state index in [0.717, 1.165) is 27.6 Å². The molecule has 1 aromatic heterocycles. The summed E-state index contributed by atoms with van der Waals surface area (Å²) in [6.45, 7) is 5.58. The lowest BCUT2D eigenvalue weighted by Gasteiger charge is -2.46. The van der Waals surface area contributed by atoms with E-state index in [0.29, 0.717) is 92.2 Å². The Bertz CT molecular complexity index is 2960. The van der Waals surface area contributed by atoms with Gasteiger partial charge in [0.1, 0.15) is 21.3 Å². The number of halogens is 2. The first-order valence-corrected chi connectivity index (χ1v) is 25.1. The predicted octanol–water partition coefficient (Wildman–Crippen LogP) is 5.88. The maximum atomic E-state index is 16.1. The third-order valence-corrected chi connectivity index (χ3v) is 14.7. The molecule has 1 N–H and O–H groups in total. The van der Waals surface area contributed by atoms with Gasteiger partial charge in [-0.1, -0.05) is 24.3 Å². The SMILES string of the molecule is CCOc1cc([C@@H](CS(C)(=O)=O)N2C(=O)c3cccc(N4CCN([C@@H]5CCN(Cc6ccc(Oc7ccc8c([C@@]9(C)CCC(=O)NC9=O)nn(C)c8c7)cc6)CC5(F)F)CC4)c3C2=O)ccc1OC. The van der Waals surface area contributed by atoms with Crippen LogP contribution in [0.5, 0.6) is 23.0 Å². The number of likely N-dealkylation sites (tertiary alicyclic amines) is 1. The summed E-state index contributed by atoms with van der Waals surface area (Å²) in [6.07, 6.45) is 1.91. The molecule has 9 rings (SSSR count). The molecule has 0 bridgehead atoms. The predicted molar refractivity (Wildman–Crippen MR) is 253 cm³/mol. The fourth-order valence-electron chi connectivity index (χ4n) is 10.3. The summed E-state index contributed by atoms with van der Waals surface area (Å²) in [7, 11) is -0.435. The highest BCUT2D eigenvalue weighted by molar-refractivity contribution is 7.90. The summed E-state index contributed by atoms with van der Waals surface area (Å²) in [4.78, 5) is 59.6. The number of nitrogens with one attached hydrogen (secondary N) is 1. The maximum absolute atomic E-state index is 16.1. The molecule has 3 saturated heterocycles. The Labute approximate surface area is 399 Å². The largest absolute Gasteiger partial charge is 0.493 e. The van der Waals surface area contributed by atoms with E-state index in [-0.39, 0.29) is 35.8 Å². The molecular weight excluding hydrogens is 913 g/mol. The number of ether oxygens (including phenoxy) is 3. The van der Waals surface area contributed by atoms with Gasteiger partial charge in [0.05, 0.1) is 71.5 Å². The number of aryl methyl sites for hydroxylation is 1. The van der Waals surface area contributed by atoms with E-state index in [4.69, 9.17) is 14.2 Å². The van der Waals surface area contributed by atoms with Crippen LogP contribution in [-0.4, -0.2) is 133 Å². The molecule has 364 valence electrons. The van der Waals surface area contributed by atoms with Crippen LogP contribution in [0.25, 0.3) is 10.9 Å². The number of imide groups is 2. The van der Waals surface area contributed by atoms with Crippen molar-refractivity contribution >= 4 is 50.1 Å². The lowest BCUT2D eigenvalue weighted by Crippen LogP contribution is -2.61. The van der Waals surface area contributed by atoms with Crippen LogP contribution < -0.4 is 24.4 Å². The van der Waals surface area contributed by atoms with Crippen LogP contribution in [0.1, 0.15) is 76.7 Å². The summed E-state index contributed by atoms with van der Waals surface area (Å²) in [5, 5.41) is 7.89. The van der Waals surface area contributed by atoms with Crippen molar-refractivity contribution in [2.75, 3.05) is 69.9 Å². The zero-order chi connectivity index (χ0) is 49.0. The minimum atomic E-state index is -3.70. The lowest BCUT2D eigenvalue weighted by molar-refractivity contribution is -0.137. The van der Waals surface area contributed by atoms with Gasteiger partial charge in [0.15, 0.2) is 11.5 Å². The molecule has 0 radical (unpaired) electrons. The van der Waals surface area contributed by atoms with Gasteiger partial charge in [-0.3, -0.25) is 43.9 Å². The van der Waals surface area contributed by atoms with Crippen molar-refractivity contribution in [2.45, 2.75) is 63.1 Å². The second-order valence-electron chi connectivity index (χ2n) is 18.5. The van der Waals surface area contributed by atoms with Gasteiger partial charge < -0.3 is 19.1 Å². The van der Waals surface area contributed by atoms with Gasteiger partial charge >= 0.3 is 0 Å². The molecule has 0 aliphatic carbocycles. The van der Waals surface area contributed by atoms with Crippen LogP contribution in [-0.2, 0) is 38.4 Å². The average molecular weight is 968 g/mol. The van der Waals surface area contributed by atoms with Gasteiger partial charge in [0, 0.05) is 70.4 Å². The van der Waals surface area contributed by atoms with E-state index >= 15 is 8.78 Å². The number of anilines is 1. The number of carbonyl (C=O) groups is 4. The summed E-state index contributed by atoms with van der Waals surface area (Å²) in [5.74, 6) is -3.53. The Morgan fingerprint density at radius 1 is 0.899 bits per heavy atom. The molecule has 69 heavy (non-hydrogen) atoms. The third kappa shape index (κ3) is 9.26. The molecule has 4 aliphatic rings. The first kappa shape index (κ1) is 47.6. The summed E-state index contributed by atoms with van der Waals surface area (Å²) < 4.78 is 76.7. The van der Waals surface area contributed by atoms with Gasteiger partial charge in [0.2, 0.25) is 11.8 Å². The third-order valence-electron chi connectivity index (χ3n) is 13.8. The Morgan fingerprint density at radius 3 is 2.32 bits per heavy atom. The van der Waals surface area contributed by atoms with Crippen LogP contribution in [0.3, 0.4) is 0 Å². The molecule has 5 aromatic rings. The topological polar surface area (TPSA) is 173 Å². The molecule has 3 atom stereocenters. The number of alkyl halides is 2. The van der Waals surface area contributed by atoms with Gasteiger partial charge in [-0.15, -0.1) is 0 Å². The minimum Gasteiger partial charge on any atom is -0.493 e. The average Bonchev–Trinajstić information content (AvgIpc) is 3.78. The van der Waals surface area contributed by atoms with E-state index in [1.165, 1.54) is 7.11 Å². The number of amides is 4. The maximum Gasteiger partial charge on any atom is 0.275 e. The van der Waals surface area contributed by atoms with E-state index in [1.54, 1.807) is 85.1 Å². The Balaban J connectivity index is 0.818. The summed E-state index contributed by atoms with van der Waals surface area (Å²) >= 11 is 0. The van der Waals surface area contributed by atoms with Gasteiger partial charge in [-0.25, -0.2) is 17.2 Å². The van der Waals surface area contributed by atoms with Crippen molar-refractivity contribution in [3.63, 3.8) is 0 Å². The zero-order valence-electron chi connectivity index (χ0n) is 39.2.